The van der Waals surface area contributed by atoms with Gasteiger partial charge >= 0.3 is 0 Å². The summed E-state index contributed by atoms with van der Waals surface area (Å²) in [6, 6.07) is 0.521. The Morgan fingerprint density at radius 2 is 2.44 bits per heavy atom. The fraction of sp³-hybridized carbons (Fsp3) is 1.00. The van der Waals surface area contributed by atoms with Gasteiger partial charge in [-0.15, -0.1) is 0 Å². The van der Waals surface area contributed by atoms with Gasteiger partial charge in [-0.05, 0) is 26.8 Å². The van der Waals surface area contributed by atoms with Crippen molar-refractivity contribution < 1.29 is 4.74 Å². The van der Waals surface area contributed by atoms with E-state index in [-0.39, 0.29) is 0 Å². The zero-order valence-electron chi connectivity index (χ0n) is 6.18. The largest absolute Gasteiger partial charge is 0.377 e. The Balaban J connectivity index is 2.24. The first-order valence-corrected chi connectivity index (χ1v) is 3.63. The molecule has 0 spiro atoms. The predicted octanol–water partition coefficient (Wildman–Crippen LogP) is 0.773. The van der Waals surface area contributed by atoms with Gasteiger partial charge in [-0.2, -0.15) is 0 Å². The molecule has 2 atom stereocenters. The smallest absolute Gasteiger partial charge is 0.0726 e. The molecule has 0 aromatic rings. The molecular weight excluding hydrogens is 114 g/mol. The van der Waals surface area contributed by atoms with Crippen LogP contribution in [0.1, 0.15) is 19.8 Å². The third-order valence-corrected chi connectivity index (χ3v) is 1.98. The summed E-state index contributed by atoms with van der Waals surface area (Å²) in [5.74, 6) is 0. The van der Waals surface area contributed by atoms with Crippen LogP contribution in [0.15, 0.2) is 0 Å². The second kappa shape index (κ2) is 3.18. The minimum absolute atomic E-state index is 0.468. The highest BCUT2D eigenvalue weighted by Gasteiger charge is 2.20. The fourth-order valence-corrected chi connectivity index (χ4v) is 1.18. The van der Waals surface area contributed by atoms with Crippen molar-refractivity contribution in [2.75, 3.05) is 13.7 Å². The average Bonchev–Trinajstić information content (AvgIpc) is 2.37. The van der Waals surface area contributed by atoms with Crippen molar-refractivity contribution in [2.24, 2.45) is 0 Å². The van der Waals surface area contributed by atoms with Crippen LogP contribution in [0, 0.1) is 0 Å². The molecule has 2 nitrogen and oxygen atoms in total. The summed E-state index contributed by atoms with van der Waals surface area (Å²) in [6.07, 6.45) is 2.92. The monoisotopic (exact) mass is 129 g/mol. The van der Waals surface area contributed by atoms with Gasteiger partial charge in [0, 0.05) is 12.6 Å². The van der Waals surface area contributed by atoms with Gasteiger partial charge in [-0.1, -0.05) is 0 Å². The lowest BCUT2D eigenvalue weighted by molar-refractivity contribution is 0.0861. The molecule has 2 heteroatoms. The number of nitrogens with one attached hydrogen (secondary N) is 1. The van der Waals surface area contributed by atoms with E-state index in [4.69, 9.17) is 4.74 Å². The SMILES string of the molecule is CNC(C)C1CCCO1. The molecule has 1 fully saturated rings. The number of rotatable bonds is 2. The topological polar surface area (TPSA) is 21.3 Å². The van der Waals surface area contributed by atoms with Gasteiger partial charge in [0.1, 0.15) is 0 Å². The molecule has 1 saturated heterocycles. The van der Waals surface area contributed by atoms with E-state index in [1.54, 1.807) is 0 Å². The normalized spacial score (nSPS) is 30.7. The fourth-order valence-electron chi connectivity index (χ4n) is 1.18. The number of hydrogen-bond donors (Lipinski definition) is 1. The summed E-state index contributed by atoms with van der Waals surface area (Å²) in [5.41, 5.74) is 0. The Hall–Kier alpha value is -0.0800. The van der Waals surface area contributed by atoms with Gasteiger partial charge < -0.3 is 10.1 Å². The molecule has 1 N–H and O–H groups in total. The summed E-state index contributed by atoms with van der Waals surface area (Å²) in [6.45, 7) is 3.12. The molecular formula is C7H15NO. The Morgan fingerprint density at radius 1 is 1.67 bits per heavy atom. The average molecular weight is 129 g/mol. The zero-order chi connectivity index (χ0) is 6.69. The second-order valence-electron chi connectivity index (χ2n) is 2.63. The molecule has 0 amide bonds. The molecule has 0 aromatic carbocycles. The summed E-state index contributed by atoms with van der Waals surface area (Å²) < 4.78 is 5.44. The first-order chi connectivity index (χ1) is 4.34. The van der Waals surface area contributed by atoms with Crippen molar-refractivity contribution in [3.8, 4) is 0 Å². The van der Waals surface area contributed by atoms with Crippen LogP contribution in [0.2, 0.25) is 0 Å². The Bertz CT molecular complexity index is 79.0. The molecule has 2 unspecified atom stereocenters. The van der Waals surface area contributed by atoms with Gasteiger partial charge in [0.15, 0.2) is 0 Å². The molecule has 9 heavy (non-hydrogen) atoms. The third-order valence-electron chi connectivity index (χ3n) is 1.98. The van der Waals surface area contributed by atoms with Crippen LogP contribution < -0.4 is 5.32 Å². The van der Waals surface area contributed by atoms with Crippen LogP contribution in [-0.2, 0) is 4.74 Å². The van der Waals surface area contributed by atoms with E-state index in [1.807, 2.05) is 7.05 Å². The van der Waals surface area contributed by atoms with Gasteiger partial charge in [0.05, 0.1) is 6.10 Å². The van der Waals surface area contributed by atoms with E-state index in [1.165, 1.54) is 12.8 Å². The molecule has 0 radical (unpaired) electrons. The molecule has 1 heterocycles. The number of ether oxygens (including phenoxy) is 1. The van der Waals surface area contributed by atoms with Crippen LogP contribution in [0.4, 0.5) is 0 Å². The van der Waals surface area contributed by atoms with Crippen molar-refractivity contribution in [1.29, 1.82) is 0 Å². The lowest BCUT2D eigenvalue weighted by atomic mass is 10.1. The molecule has 1 aliphatic rings. The quantitative estimate of drug-likeness (QED) is 0.594. The van der Waals surface area contributed by atoms with Gasteiger partial charge in [-0.3, -0.25) is 0 Å². The Kier molecular flexibility index (Phi) is 2.49. The van der Waals surface area contributed by atoms with E-state index >= 15 is 0 Å². The molecule has 0 saturated carbocycles. The van der Waals surface area contributed by atoms with E-state index < -0.39 is 0 Å². The Labute approximate surface area is 56.6 Å². The predicted molar refractivity (Wildman–Crippen MR) is 37.5 cm³/mol. The van der Waals surface area contributed by atoms with E-state index in [0.29, 0.717) is 12.1 Å². The van der Waals surface area contributed by atoms with Crippen LogP contribution in [0.25, 0.3) is 0 Å². The molecule has 1 aliphatic heterocycles. The highest BCUT2D eigenvalue weighted by molar-refractivity contribution is 4.74. The Morgan fingerprint density at radius 3 is 2.89 bits per heavy atom. The minimum atomic E-state index is 0.468. The summed E-state index contributed by atoms with van der Waals surface area (Å²) in [5, 5.41) is 3.18. The van der Waals surface area contributed by atoms with Crippen LogP contribution in [0.3, 0.4) is 0 Å². The lowest BCUT2D eigenvalue weighted by Gasteiger charge is -2.16. The van der Waals surface area contributed by atoms with Crippen molar-refractivity contribution in [1.82, 2.24) is 5.32 Å². The first-order valence-electron chi connectivity index (χ1n) is 3.63. The summed E-state index contributed by atoms with van der Waals surface area (Å²) in [7, 11) is 1.98. The maximum Gasteiger partial charge on any atom is 0.0726 e. The second-order valence-corrected chi connectivity index (χ2v) is 2.63. The summed E-state index contributed by atoms with van der Waals surface area (Å²) in [4.78, 5) is 0. The van der Waals surface area contributed by atoms with Crippen molar-refractivity contribution in [3.63, 3.8) is 0 Å². The van der Waals surface area contributed by atoms with Crippen LogP contribution in [-0.4, -0.2) is 25.8 Å². The highest BCUT2D eigenvalue weighted by Crippen LogP contribution is 2.14. The van der Waals surface area contributed by atoms with E-state index in [0.717, 1.165) is 6.61 Å². The molecule has 1 rings (SSSR count). The minimum Gasteiger partial charge on any atom is -0.377 e. The number of likely N-dealkylation sites (N-methyl/N-ethyl adjacent to an activating group) is 1. The zero-order valence-corrected chi connectivity index (χ0v) is 6.18. The highest BCUT2D eigenvalue weighted by atomic mass is 16.5. The summed E-state index contributed by atoms with van der Waals surface area (Å²) >= 11 is 0. The molecule has 0 bridgehead atoms. The molecule has 0 aliphatic carbocycles. The van der Waals surface area contributed by atoms with E-state index in [9.17, 15) is 0 Å². The maximum absolute atomic E-state index is 5.44. The molecule has 54 valence electrons. The van der Waals surface area contributed by atoms with Crippen LogP contribution >= 0.6 is 0 Å². The standard InChI is InChI=1S/C7H15NO/c1-6(8-2)7-4-3-5-9-7/h6-8H,3-5H2,1-2H3. The molecule has 0 aromatic heterocycles. The van der Waals surface area contributed by atoms with Crippen molar-refractivity contribution in [3.05, 3.63) is 0 Å². The van der Waals surface area contributed by atoms with E-state index in [2.05, 4.69) is 12.2 Å². The van der Waals surface area contributed by atoms with Gasteiger partial charge in [0.2, 0.25) is 0 Å². The number of hydrogen-bond acceptors (Lipinski definition) is 2. The van der Waals surface area contributed by atoms with Crippen molar-refractivity contribution >= 4 is 0 Å². The van der Waals surface area contributed by atoms with Gasteiger partial charge in [0.25, 0.3) is 0 Å². The van der Waals surface area contributed by atoms with Crippen LogP contribution in [0.5, 0.6) is 0 Å². The third kappa shape index (κ3) is 1.66. The van der Waals surface area contributed by atoms with Crippen molar-refractivity contribution in [2.45, 2.75) is 31.9 Å². The lowest BCUT2D eigenvalue weighted by Crippen LogP contribution is -2.33. The van der Waals surface area contributed by atoms with Gasteiger partial charge in [-0.25, -0.2) is 0 Å². The maximum atomic E-state index is 5.44. The first kappa shape index (κ1) is 7.03.